The number of fused-ring (bicyclic) bond motifs is 7. The van der Waals surface area contributed by atoms with E-state index in [1.165, 1.54) is 75.3 Å². The van der Waals surface area contributed by atoms with Crippen molar-refractivity contribution in [3.8, 4) is 38.5 Å². The molecular weight excluding hydrogens is 588 g/mol. The lowest BCUT2D eigenvalue weighted by Gasteiger charge is -2.68. The Morgan fingerprint density at radius 3 is 1.88 bits per heavy atom. The van der Waals surface area contributed by atoms with Crippen molar-refractivity contribution in [1.82, 2.24) is 0 Å². The molecule has 8 atom stereocenters. The van der Waals surface area contributed by atoms with Crippen LogP contribution in [0.3, 0.4) is 0 Å². The molecule has 3 nitrogen and oxygen atoms in total. The molecule has 5 aliphatic carbocycles. The number of hydrogen-bond acceptors (Lipinski definition) is 3. The zero-order valence-corrected chi connectivity index (χ0v) is 31.8. The molecular formula is C45H68O3. The molecule has 0 aliphatic heterocycles. The van der Waals surface area contributed by atoms with E-state index in [0.29, 0.717) is 23.4 Å². The van der Waals surface area contributed by atoms with E-state index in [-0.39, 0.29) is 10.8 Å². The summed E-state index contributed by atoms with van der Waals surface area (Å²) in [5.74, 6) is 3.97. The van der Waals surface area contributed by atoms with E-state index >= 15 is 0 Å². The second kappa shape index (κ2) is 20.5. The number of ether oxygens (including phenoxy) is 1. The van der Waals surface area contributed by atoms with Gasteiger partial charge in [-0.2, -0.15) is 0 Å². The fraction of sp³-hybridized carbons (Fsp3) is 0.622. The SMILES string of the molecule is C#C.C#C.C#C.C=C.CC.CC1(C)C(c2ccc(C=O)cc2)=CC[C@@]2(C)C1CC[C@@]1(C)C3CC[C@@]4(CO)CCCC4[C@H]3CCC12.COC. The van der Waals surface area contributed by atoms with Crippen molar-refractivity contribution < 1.29 is 14.6 Å². The van der Waals surface area contributed by atoms with Crippen LogP contribution in [0.5, 0.6) is 0 Å². The van der Waals surface area contributed by atoms with E-state index in [1.54, 1.807) is 14.2 Å². The predicted octanol–water partition coefficient (Wildman–Crippen LogP) is 10.8. The number of carbonyl (C=O) groups is 1. The number of carbonyl (C=O) groups excluding carboxylic acids is 1. The van der Waals surface area contributed by atoms with Crippen LogP contribution in [0.1, 0.15) is 122 Å². The van der Waals surface area contributed by atoms with Crippen LogP contribution in [-0.2, 0) is 4.74 Å². The zero-order chi connectivity index (χ0) is 37.3. The van der Waals surface area contributed by atoms with Gasteiger partial charge in [-0.05, 0) is 120 Å². The Hall–Kier alpha value is -3.03. The van der Waals surface area contributed by atoms with Crippen LogP contribution < -0.4 is 0 Å². The third-order valence-corrected chi connectivity index (χ3v) is 12.9. The molecule has 48 heavy (non-hydrogen) atoms. The fourth-order valence-corrected chi connectivity index (χ4v) is 11.5. The molecule has 4 unspecified atom stereocenters. The van der Waals surface area contributed by atoms with Crippen LogP contribution in [0.25, 0.3) is 5.57 Å². The summed E-state index contributed by atoms with van der Waals surface area (Å²) >= 11 is 0. The van der Waals surface area contributed by atoms with Crippen LogP contribution >= 0.6 is 0 Å². The molecule has 1 aromatic carbocycles. The minimum atomic E-state index is 0.137. The number of terminal acetylenes is 3. The number of rotatable bonds is 3. The maximum atomic E-state index is 11.2. The Labute approximate surface area is 296 Å². The molecule has 1 N–H and O–H groups in total. The summed E-state index contributed by atoms with van der Waals surface area (Å²) in [6.45, 7) is 20.8. The normalized spacial score (nSPS) is 34.2. The first-order valence-corrected chi connectivity index (χ1v) is 17.9. The maximum absolute atomic E-state index is 11.2. The summed E-state index contributed by atoms with van der Waals surface area (Å²) in [6, 6.07) is 8.28. The zero-order valence-electron chi connectivity index (χ0n) is 31.8. The maximum Gasteiger partial charge on any atom is 0.150 e. The van der Waals surface area contributed by atoms with Crippen LogP contribution in [0.4, 0.5) is 0 Å². The topological polar surface area (TPSA) is 46.5 Å². The first-order valence-electron chi connectivity index (χ1n) is 17.9. The van der Waals surface area contributed by atoms with Gasteiger partial charge in [-0.1, -0.05) is 78.3 Å². The van der Waals surface area contributed by atoms with Gasteiger partial charge >= 0.3 is 0 Å². The van der Waals surface area contributed by atoms with Crippen molar-refractivity contribution >= 4 is 11.9 Å². The predicted molar refractivity (Wildman–Crippen MR) is 208 cm³/mol. The number of benzene rings is 1. The second-order valence-electron chi connectivity index (χ2n) is 14.8. The molecule has 0 amide bonds. The highest BCUT2D eigenvalue weighted by Crippen LogP contribution is 2.73. The summed E-state index contributed by atoms with van der Waals surface area (Å²) in [4.78, 5) is 11.2. The summed E-state index contributed by atoms with van der Waals surface area (Å²) < 4.78 is 4.25. The number of allylic oxidation sites excluding steroid dienone is 2. The average Bonchev–Trinajstić information content (AvgIpc) is 3.58. The minimum Gasteiger partial charge on any atom is -0.396 e. The van der Waals surface area contributed by atoms with Crippen molar-refractivity contribution in [1.29, 1.82) is 0 Å². The van der Waals surface area contributed by atoms with Gasteiger partial charge in [0.2, 0.25) is 0 Å². The highest BCUT2D eigenvalue weighted by molar-refractivity contribution is 5.78. The van der Waals surface area contributed by atoms with E-state index < -0.39 is 0 Å². The van der Waals surface area contributed by atoms with Gasteiger partial charge < -0.3 is 9.84 Å². The van der Waals surface area contributed by atoms with Gasteiger partial charge in [0.1, 0.15) is 6.29 Å². The number of methoxy groups -OCH3 is 1. The highest BCUT2D eigenvalue weighted by Gasteiger charge is 2.65. The van der Waals surface area contributed by atoms with Gasteiger partial charge in [-0.25, -0.2) is 0 Å². The Kier molecular flexibility index (Phi) is 19.2. The summed E-state index contributed by atoms with van der Waals surface area (Å²) in [5, 5.41) is 10.4. The number of hydrogen-bond donors (Lipinski definition) is 1. The molecule has 0 heterocycles. The van der Waals surface area contributed by atoms with Crippen molar-refractivity contribution in [2.45, 2.75) is 106 Å². The van der Waals surface area contributed by atoms with E-state index in [1.807, 2.05) is 26.0 Å². The summed E-state index contributed by atoms with van der Waals surface area (Å²) in [5.41, 5.74) is 4.76. The molecule has 4 fully saturated rings. The van der Waals surface area contributed by atoms with Gasteiger partial charge in [-0.15, -0.1) is 51.7 Å². The first kappa shape index (κ1) is 45.0. The fourth-order valence-electron chi connectivity index (χ4n) is 11.5. The number of aliphatic hydroxyl groups is 1. The first-order chi connectivity index (χ1) is 23.1. The second-order valence-corrected chi connectivity index (χ2v) is 14.8. The minimum absolute atomic E-state index is 0.137. The molecule has 3 heteroatoms. The molecule has 1 aromatic rings. The van der Waals surface area contributed by atoms with Crippen molar-refractivity contribution in [2.75, 3.05) is 20.8 Å². The highest BCUT2D eigenvalue weighted by atomic mass is 16.4. The van der Waals surface area contributed by atoms with Crippen LogP contribution in [0, 0.1) is 89.8 Å². The van der Waals surface area contributed by atoms with E-state index in [0.717, 1.165) is 35.5 Å². The number of aliphatic hydroxyl groups excluding tert-OH is 1. The average molecular weight is 657 g/mol. The van der Waals surface area contributed by atoms with E-state index in [2.05, 4.69) is 102 Å². The Balaban J connectivity index is 0.00000152. The van der Waals surface area contributed by atoms with E-state index in [9.17, 15) is 9.90 Å². The van der Waals surface area contributed by atoms with Gasteiger partial charge in [0, 0.05) is 26.4 Å². The smallest absolute Gasteiger partial charge is 0.150 e. The van der Waals surface area contributed by atoms with Crippen molar-refractivity contribution in [3.05, 3.63) is 54.6 Å². The van der Waals surface area contributed by atoms with Crippen molar-refractivity contribution in [3.63, 3.8) is 0 Å². The molecule has 266 valence electrons. The molecule has 0 bridgehead atoms. The van der Waals surface area contributed by atoms with E-state index in [4.69, 9.17) is 0 Å². The van der Waals surface area contributed by atoms with Crippen molar-refractivity contribution in [2.24, 2.45) is 51.2 Å². The van der Waals surface area contributed by atoms with Crippen LogP contribution in [0.2, 0.25) is 0 Å². The molecule has 5 aliphatic rings. The Bertz CT molecular complexity index is 1170. The third-order valence-electron chi connectivity index (χ3n) is 12.9. The van der Waals surface area contributed by atoms with Crippen LogP contribution in [0.15, 0.2) is 43.5 Å². The largest absolute Gasteiger partial charge is 0.396 e. The summed E-state index contributed by atoms with van der Waals surface area (Å²) in [6.07, 6.45) is 40.8. The van der Waals surface area contributed by atoms with Gasteiger partial charge in [0.05, 0.1) is 0 Å². The van der Waals surface area contributed by atoms with Gasteiger partial charge in [0.15, 0.2) is 0 Å². The molecule has 0 spiro atoms. The molecule has 0 radical (unpaired) electrons. The molecule has 0 aromatic heterocycles. The lowest BCUT2D eigenvalue weighted by Crippen LogP contribution is -2.61. The van der Waals surface area contributed by atoms with Gasteiger partial charge in [0.25, 0.3) is 0 Å². The molecule has 6 rings (SSSR count). The third kappa shape index (κ3) is 8.22. The monoisotopic (exact) mass is 657 g/mol. The Morgan fingerprint density at radius 2 is 1.35 bits per heavy atom. The summed E-state index contributed by atoms with van der Waals surface area (Å²) in [7, 11) is 3.25. The van der Waals surface area contributed by atoms with Crippen LogP contribution in [-0.4, -0.2) is 32.2 Å². The molecule has 0 saturated heterocycles. The lowest BCUT2D eigenvalue weighted by molar-refractivity contribution is -0.181. The quantitative estimate of drug-likeness (QED) is 0.200. The standard InChI is InChI=1S/C33H46O2.C2H6O.C2H6.C2H4.3C2H2/c1-30(2)25(23-9-7-22(20-34)8-10-23)13-17-32(4)28(30)15-18-31(3)26-14-19-33(21-35)16-5-6-27(33)24(26)11-12-29(31)32;1-3-2;5*1-2/h7-10,13,20,24,26-29,35H,5-6,11-12,14-19,21H2,1-4H3;1-2H3;1-2H3;1-2H2;3*1-2H/t24-,26?,27?,28?,29?,31-,32-,33+;;;;;;/m0....../s1. The lowest BCUT2D eigenvalue weighted by atomic mass is 9.36. The molecule has 4 saturated carbocycles. The number of aldehydes is 1. The Morgan fingerprint density at radius 1 is 0.792 bits per heavy atom. The van der Waals surface area contributed by atoms with Gasteiger partial charge in [-0.3, -0.25) is 4.79 Å².